The smallest absolute Gasteiger partial charge is 0.320 e. The zero-order valence-corrected chi connectivity index (χ0v) is 11.5. The molecule has 0 saturated carbocycles. The first-order valence-corrected chi connectivity index (χ1v) is 6.39. The molecule has 1 unspecified atom stereocenters. The summed E-state index contributed by atoms with van der Waals surface area (Å²) in [7, 11) is 0. The quantitative estimate of drug-likeness (QED) is 0.642. The van der Waals surface area contributed by atoms with E-state index in [1.54, 1.807) is 0 Å². The highest BCUT2D eigenvalue weighted by atomic mass is 16.4. The van der Waals surface area contributed by atoms with Gasteiger partial charge in [-0.25, -0.2) is 0 Å². The highest BCUT2D eigenvalue weighted by Gasteiger charge is 2.20. The Hall–Kier alpha value is -1.92. The molecule has 20 heavy (non-hydrogen) atoms. The Bertz CT molecular complexity index is 349. The Morgan fingerprint density at radius 2 is 1.55 bits per heavy atom. The molecular weight excluding hydrogens is 260 g/mol. The summed E-state index contributed by atoms with van der Waals surface area (Å²) in [5, 5.41) is 19.1. The van der Waals surface area contributed by atoms with E-state index in [1.807, 2.05) is 36.4 Å². The zero-order chi connectivity index (χ0) is 15.4. The molecule has 112 valence electrons. The van der Waals surface area contributed by atoms with Crippen LogP contribution in [0.3, 0.4) is 0 Å². The normalized spacial score (nSPS) is 17.8. The lowest BCUT2D eigenvalue weighted by Crippen LogP contribution is -2.29. The van der Waals surface area contributed by atoms with Crippen LogP contribution in [0.25, 0.3) is 0 Å². The SMILES string of the molecule is CC(N)C(=O)O.O=C(O)[C@@H]1CCCN1.c1ccccc1. The minimum Gasteiger partial charge on any atom is -0.480 e. The summed E-state index contributed by atoms with van der Waals surface area (Å²) in [5.74, 6) is -1.68. The van der Waals surface area contributed by atoms with Crippen LogP contribution in [-0.4, -0.2) is 40.8 Å². The van der Waals surface area contributed by atoms with Gasteiger partial charge in [0.05, 0.1) is 0 Å². The van der Waals surface area contributed by atoms with Crippen molar-refractivity contribution in [3.63, 3.8) is 0 Å². The molecule has 5 N–H and O–H groups in total. The summed E-state index contributed by atoms with van der Waals surface area (Å²) < 4.78 is 0. The van der Waals surface area contributed by atoms with Crippen molar-refractivity contribution in [1.82, 2.24) is 5.32 Å². The summed E-state index contributed by atoms with van der Waals surface area (Å²) in [5.41, 5.74) is 4.84. The van der Waals surface area contributed by atoms with Crippen molar-refractivity contribution in [3.8, 4) is 0 Å². The Labute approximate surface area is 118 Å². The van der Waals surface area contributed by atoms with Crippen molar-refractivity contribution in [2.75, 3.05) is 6.54 Å². The molecule has 0 aromatic heterocycles. The largest absolute Gasteiger partial charge is 0.480 e. The number of benzene rings is 1. The van der Waals surface area contributed by atoms with Crippen LogP contribution in [0, 0.1) is 0 Å². The molecule has 6 heteroatoms. The first kappa shape index (κ1) is 18.1. The highest BCUT2D eigenvalue weighted by Crippen LogP contribution is 2.03. The van der Waals surface area contributed by atoms with Crippen LogP contribution in [0.2, 0.25) is 0 Å². The van der Waals surface area contributed by atoms with Gasteiger partial charge in [-0.05, 0) is 26.3 Å². The molecule has 0 amide bonds. The topological polar surface area (TPSA) is 113 Å². The number of carboxylic acids is 2. The van der Waals surface area contributed by atoms with Crippen molar-refractivity contribution in [2.45, 2.75) is 31.8 Å². The van der Waals surface area contributed by atoms with Crippen LogP contribution in [0.15, 0.2) is 36.4 Å². The molecule has 1 aromatic rings. The maximum atomic E-state index is 10.1. The van der Waals surface area contributed by atoms with Crippen molar-refractivity contribution < 1.29 is 19.8 Å². The van der Waals surface area contributed by atoms with Gasteiger partial charge in [0.25, 0.3) is 0 Å². The number of nitrogens with two attached hydrogens (primary N) is 1. The second-order valence-electron chi connectivity index (χ2n) is 4.27. The standard InChI is InChI=1S/C6H6.C5H9NO2.C3H7NO2/c1-2-4-6-5-3-1;7-5(8)4-2-1-3-6-4;1-2(4)3(5)6/h1-6H;4,6H,1-3H2,(H,7,8);2H,4H2,1H3,(H,5,6)/t;4-;/m.0./s1. The molecule has 6 nitrogen and oxygen atoms in total. The van der Waals surface area contributed by atoms with Gasteiger partial charge in [0.15, 0.2) is 0 Å². The van der Waals surface area contributed by atoms with Gasteiger partial charge in [-0.15, -0.1) is 0 Å². The maximum Gasteiger partial charge on any atom is 0.320 e. The Balaban J connectivity index is 0.000000276. The molecule has 2 atom stereocenters. The predicted octanol–water partition coefficient (Wildman–Crippen LogP) is 0.928. The molecule has 2 rings (SSSR count). The molecule has 1 aromatic carbocycles. The lowest BCUT2D eigenvalue weighted by Gasteiger charge is -1.99. The van der Waals surface area contributed by atoms with Gasteiger partial charge < -0.3 is 21.3 Å². The van der Waals surface area contributed by atoms with Crippen molar-refractivity contribution in [2.24, 2.45) is 5.73 Å². The van der Waals surface area contributed by atoms with Crippen molar-refractivity contribution >= 4 is 11.9 Å². The van der Waals surface area contributed by atoms with Gasteiger partial charge >= 0.3 is 11.9 Å². The number of carboxylic acid groups (broad SMARTS) is 2. The van der Waals surface area contributed by atoms with Gasteiger partial charge in [-0.1, -0.05) is 36.4 Å². The lowest BCUT2D eigenvalue weighted by atomic mass is 10.2. The fourth-order valence-corrected chi connectivity index (χ4v) is 1.28. The van der Waals surface area contributed by atoms with E-state index in [9.17, 15) is 9.59 Å². The maximum absolute atomic E-state index is 10.1. The van der Waals surface area contributed by atoms with Crippen LogP contribution in [0.5, 0.6) is 0 Å². The van der Waals surface area contributed by atoms with E-state index in [4.69, 9.17) is 15.9 Å². The summed E-state index contributed by atoms with van der Waals surface area (Å²) >= 11 is 0. The number of rotatable bonds is 2. The van der Waals surface area contributed by atoms with Crippen molar-refractivity contribution in [1.29, 1.82) is 0 Å². The van der Waals surface area contributed by atoms with Gasteiger partial charge in [-0.3, -0.25) is 9.59 Å². The fourth-order valence-electron chi connectivity index (χ4n) is 1.28. The van der Waals surface area contributed by atoms with Crippen LogP contribution in [0.1, 0.15) is 19.8 Å². The van der Waals surface area contributed by atoms with E-state index in [2.05, 4.69) is 5.32 Å². The van der Waals surface area contributed by atoms with E-state index >= 15 is 0 Å². The number of carbonyl (C=O) groups is 2. The zero-order valence-electron chi connectivity index (χ0n) is 11.5. The molecule has 0 aliphatic carbocycles. The highest BCUT2D eigenvalue weighted by molar-refractivity contribution is 5.73. The minimum absolute atomic E-state index is 0.269. The molecule has 1 heterocycles. The average molecular weight is 282 g/mol. The minimum atomic E-state index is -0.963. The summed E-state index contributed by atoms with van der Waals surface area (Å²) in [6, 6.07) is 11.0. The molecule has 0 spiro atoms. The van der Waals surface area contributed by atoms with E-state index < -0.39 is 18.0 Å². The molecule has 0 bridgehead atoms. The van der Waals surface area contributed by atoms with E-state index in [0.29, 0.717) is 0 Å². The third-order valence-corrected chi connectivity index (χ3v) is 2.41. The summed E-state index contributed by atoms with van der Waals surface area (Å²) in [4.78, 5) is 19.7. The van der Waals surface area contributed by atoms with E-state index in [1.165, 1.54) is 6.92 Å². The fraction of sp³-hybridized carbons (Fsp3) is 0.429. The molecule has 1 fully saturated rings. The first-order chi connectivity index (χ1) is 9.45. The number of nitrogens with one attached hydrogen (secondary N) is 1. The van der Waals surface area contributed by atoms with Gasteiger partial charge in [-0.2, -0.15) is 0 Å². The average Bonchev–Trinajstić information content (AvgIpc) is 2.96. The number of hydrogen-bond acceptors (Lipinski definition) is 4. The van der Waals surface area contributed by atoms with Gasteiger partial charge in [0.2, 0.25) is 0 Å². The Morgan fingerprint density at radius 1 is 1.15 bits per heavy atom. The second kappa shape index (κ2) is 11.0. The molecule has 0 radical (unpaired) electrons. The second-order valence-corrected chi connectivity index (χ2v) is 4.27. The van der Waals surface area contributed by atoms with Crippen molar-refractivity contribution in [3.05, 3.63) is 36.4 Å². The Kier molecular flexibility index (Phi) is 9.90. The third-order valence-electron chi connectivity index (χ3n) is 2.41. The summed E-state index contributed by atoms with van der Waals surface area (Å²) in [6.45, 7) is 2.28. The first-order valence-electron chi connectivity index (χ1n) is 6.39. The van der Waals surface area contributed by atoms with Gasteiger partial charge in [0.1, 0.15) is 12.1 Å². The molecule has 1 saturated heterocycles. The third kappa shape index (κ3) is 10.0. The van der Waals surface area contributed by atoms with Crippen LogP contribution in [0.4, 0.5) is 0 Å². The monoisotopic (exact) mass is 282 g/mol. The molecule has 1 aliphatic heterocycles. The molecule has 1 aliphatic rings. The predicted molar refractivity (Wildman–Crippen MR) is 76.4 cm³/mol. The lowest BCUT2D eigenvalue weighted by molar-refractivity contribution is -0.139. The van der Waals surface area contributed by atoms with Crippen LogP contribution >= 0.6 is 0 Å². The Morgan fingerprint density at radius 3 is 1.70 bits per heavy atom. The number of aliphatic carboxylic acids is 2. The molecular formula is C14H22N2O4. The van der Waals surface area contributed by atoms with Crippen LogP contribution in [-0.2, 0) is 9.59 Å². The van der Waals surface area contributed by atoms with E-state index in [0.717, 1.165) is 19.4 Å². The van der Waals surface area contributed by atoms with E-state index in [-0.39, 0.29) is 6.04 Å². The number of hydrogen-bond donors (Lipinski definition) is 4. The summed E-state index contributed by atoms with van der Waals surface area (Å²) in [6.07, 6.45) is 1.78. The van der Waals surface area contributed by atoms with Crippen LogP contribution < -0.4 is 11.1 Å². The van der Waals surface area contributed by atoms with Gasteiger partial charge in [0, 0.05) is 0 Å².